The third-order valence-electron chi connectivity index (χ3n) is 5.45. The van der Waals surface area contributed by atoms with Crippen molar-refractivity contribution in [2.45, 2.75) is 89.4 Å². The SMILES string of the molecule is CCCCC[C@H](O)/C=C/C1C[C@@H]2CC(O2)[C@@H]1C/C=C\CCCC(=O)O. The average molecular weight is 350 g/mol. The highest BCUT2D eigenvalue weighted by Crippen LogP contribution is 2.45. The van der Waals surface area contributed by atoms with E-state index in [1.54, 1.807) is 0 Å². The van der Waals surface area contributed by atoms with E-state index in [2.05, 4.69) is 25.2 Å². The van der Waals surface area contributed by atoms with Crippen LogP contribution in [0.15, 0.2) is 24.3 Å². The number of ether oxygens (including phenoxy) is 1. The molecule has 1 saturated carbocycles. The maximum Gasteiger partial charge on any atom is 0.303 e. The second kappa shape index (κ2) is 10.8. The van der Waals surface area contributed by atoms with Crippen molar-refractivity contribution in [1.29, 1.82) is 0 Å². The van der Waals surface area contributed by atoms with Gasteiger partial charge in [0.1, 0.15) is 0 Å². The highest BCUT2D eigenvalue weighted by atomic mass is 16.5. The molecule has 0 aromatic carbocycles. The van der Waals surface area contributed by atoms with Gasteiger partial charge >= 0.3 is 5.97 Å². The number of hydrogen-bond donors (Lipinski definition) is 2. The Balaban J connectivity index is 1.76. The van der Waals surface area contributed by atoms with E-state index < -0.39 is 5.97 Å². The van der Waals surface area contributed by atoms with Crippen molar-refractivity contribution in [3.05, 3.63) is 24.3 Å². The Hall–Kier alpha value is -1.13. The molecule has 0 amide bonds. The lowest BCUT2D eigenvalue weighted by molar-refractivity contribution is -0.198. The standard InChI is InChI=1S/C21H34O4/c1-2-3-6-9-17(22)13-12-16-14-18-15-20(25-18)19(16)10-7-4-5-8-11-21(23)24/h4,7,12-13,16-20,22H,2-3,5-6,8-11,14-15H2,1H3,(H,23,24)/b7-4-,13-12+/t16?,17-,18+,19+,20?/m0/s1. The van der Waals surface area contributed by atoms with Crippen LogP contribution >= 0.6 is 0 Å². The molecule has 142 valence electrons. The molecule has 0 radical (unpaired) electrons. The molecule has 0 aromatic heterocycles. The minimum atomic E-state index is -0.725. The van der Waals surface area contributed by atoms with Crippen molar-refractivity contribution < 1.29 is 19.7 Å². The number of carboxylic acids is 1. The number of carboxylic acid groups (broad SMARTS) is 1. The molecule has 0 aromatic rings. The Morgan fingerprint density at radius 2 is 2.04 bits per heavy atom. The van der Waals surface area contributed by atoms with Gasteiger partial charge in [-0.3, -0.25) is 4.79 Å². The van der Waals surface area contributed by atoms with E-state index in [4.69, 9.17) is 9.84 Å². The van der Waals surface area contributed by atoms with E-state index in [9.17, 15) is 9.90 Å². The van der Waals surface area contributed by atoms with Crippen LogP contribution in [0.2, 0.25) is 0 Å². The summed E-state index contributed by atoms with van der Waals surface area (Å²) in [6.07, 6.45) is 18.2. The number of allylic oxidation sites excluding steroid dienone is 3. The Morgan fingerprint density at radius 3 is 2.76 bits per heavy atom. The van der Waals surface area contributed by atoms with Gasteiger partial charge in [-0.25, -0.2) is 0 Å². The van der Waals surface area contributed by atoms with Gasteiger partial charge in [-0.1, -0.05) is 50.5 Å². The molecule has 2 unspecified atom stereocenters. The summed E-state index contributed by atoms with van der Waals surface area (Å²) in [5, 5.41) is 18.8. The molecule has 4 heteroatoms. The molecule has 2 saturated heterocycles. The molecule has 2 N–H and O–H groups in total. The van der Waals surface area contributed by atoms with Gasteiger partial charge in [0.15, 0.2) is 0 Å². The zero-order chi connectivity index (χ0) is 18.1. The number of fused-ring (bicyclic) bond motifs is 2. The zero-order valence-corrected chi connectivity index (χ0v) is 15.5. The smallest absolute Gasteiger partial charge is 0.303 e. The quantitative estimate of drug-likeness (QED) is 0.402. The summed E-state index contributed by atoms with van der Waals surface area (Å²) in [4.78, 5) is 10.5. The van der Waals surface area contributed by atoms with Gasteiger partial charge in [-0.05, 0) is 43.9 Å². The van der Waals surface area contributed by atoms with Crippen molar-refractivity contribution in [3.8, 4) is 0 Å². The molecule has 5 atom stereocenters. The fourth-order valence-electron chi connectivity index (χ4n) is 3.94. The van der Waals surface area contributed by atoms with Crippen LogP contribution in [-0.2, 0) is 9.53 Å². The van der Waals surface area contributed by atoms with Crippen LogP contribution in [0.3, 0.4) is 0 Å². The fourth-order valence-corrected chi connectivity index (χ4v) is 3.94. The number of rotatable bonds is 12. The van der Waals surface area contributed by atoms with Crippen LogP contribution in [0.1, 0.15) is 71.1 Å². The van der Waals surface area contributed by atoms with E-state index >= 15 is 0 Å². The second-order valence-corrected chi connectivity index (χ2v) is 7.54. The predicted octanol–water partition coefficient (Wildman–Crippen LogP) is 4.48. The van der Waals surface area contributed by atoms with Gasteiger partial charge in [0.25, 0.3) is 0 Å². The molecule has 2 heterocycles. The monoisotopic (exact) mass is 350 g/mol. The summed E-state index contributed by atoms with van der Waals surface area (Å²) < 4.78 is 5.91. The van der Waals surface area contributed by atoms with Crippen molar-refractivity contribution in [3.63, 3.8) is 0 Å². The Bertz CT molecular complexity index is 451. The van der Waals surface area contributed by atoms with Crippen molar-refractivity contribution >= 4 is 5.97 Å². The van der Waals surface area contributed by atoms with Crippen LogP contribution in [-0.4, -0.2) is 34.5 Å². The second-order valence-electron chi connectivity index (χ2n) is 7.54. The van der Waals surface area contributed by atoms with Crippen molar-refractivity contribution in [1.82, 2.24) is 0 Å². The minimum Gasteiger partial charge on any atom is -0.481 e. The summed E-state index contributed by atoms with van der Waals surface area (Å²) >= 11 is 0. The maximum absolute atomic E-state index is 10.5. The van der Waals surface area contributed by atoms with Crippen LogP contribution in [0.25, 0.3) is 0 Å². The van der Waals surface area contributed by atoms with E-state index in [0.717, 1.165) is 32.1 Å². The number of carbonyl (C=O) groups is 1. The van der Waals surface area contributed by atoms with Gasteiger partial charge in [-0.15, -0.1) is 0 Å². The topological polar surface area (TPSA) is 66.8 Å². The summed E-state index contributed by atoms with van der Waals surface area (Å²) in [5.74, 6) is 0.249. The largest absolute Gasteiger partial charge is 0.481 e. The van der Waals surface area contributed by atoms with Crippen LogP contribution < -0.4 is 0 Å². The van der Waals surface area contributed by atoms with Gasteiger partial charge in [0, 0.05) is 12.8 Å². The predicted molar refractivity (Wildman–Crippen MR) is 99.4 cm³/mol. The Labute approximate surface area is 152 Å². The molecule has 3 fully saturated rings. The van der Waals surface area contributed by atoms with Gasteiger partial charge in [0.05, 0.1) is 18.3 Å². The molecule has 2 aliphatic heterocycles. The molecule has 3 rings (SSSR count). The number of aliphatic hydroxyl groups excluding tert-OH is 1. The third-order valence-corrected chi connectivity index (χ3v) is 5.45. The van der Waals surface area contributed by atoms with Crippen molar-refractivity contribution in [2.75, 3.05) is 0 Å². The summed E-state index contributed by atoms with van der Waals surface area (Å²) in [7, 11) is 0. The normalized spacial score (nSPS) is 29.8. The minimum absolute atomic E-state index is 0.239. The lowest BCUT2D eigenvalue weighted by Gasteiger charge is -2.50. The molecule has 25 heavy (non-hydrogen) atoms. The third kappa shape index (κ3) is 6.95. The lowest BCUT2D eigenvalue weighted by Crippen LogP contribution is -2.51. The van der Waals surface area contributed by atoms with Crippen LogP contribution in [0.5, 0.6) is 0 Å². The van der Waals surface area contributed by atoms with E-state index in [-0.39, 0.29) is 12.5 Å². The summed E-state index contributed by atoms with van der Waals surface area (Å²) in [5.41, 5.74) is 0. The highest BCUT2D eigenvalue weighted by molar-refractivity contribution is 5.66. The fraction of sp³-hybridized carbons (Fsp3) is 0.762. The number of unbranched alkanes of at least 4 members (excludes halogenated alkanes) is 3. The molecule has 3 aliphatic rings. The average Bonchev–Trinajstić information content (AvgIpc) is 2.55. The first kappa shape index (κ1) is 20.2. The zero-order valence-electron chi connectivity index (χ0n) is 15.5. The van der Waals surface area contributed by atoms with Gasteiger partial charge in [-0.2, -0.15) is 0 Å². The molecular formula is C21H34O4. The van der Waals surface area contributed by atoms with Gasteiger partial charge < -0.3 is 14.9 Å². The maximum atomic E-state index is 10.5. The first-order chi connectivity index (χ1) is 12.1. The molecular weight excluding hydrogens is 316 g/mol. The molecule has 4 nitrogen and oxygen atoms in total. The van der Waals surface area contributed by atoms with Crippen molar-refractivity contribution in [2.24, 2.45) is 11.8 Å². The molecule has 0 spiro atoms. The highest BCUT2D eigenvalue weighted by Gasteiger charge is 2.45. The van der Waals surface area contributed by atoms with E-state index in [0.29, 0.717) is 30.5 Å². The van der Waals surface area contributed by atoms with E-state index in [1.807, 2.05) is 6.08 Å². The Kier molecular flexibility index (Phi) is 8.70. The lowest BCUT2D eigenvalue weighted by atomic mass is 9.70. The first-order valence-electron chi connectivity index (χ1n) is 9.98. The first-order valence-corrected chi connectivity index (χ1v) is 9.98. The van der Waals surface area contributed by atoms with E-state index in [1.165, 1.54) is 19.3 Å². The molecule has 2 bridgehead atoms. The number of aliphatic carboxylic acids is 1. The number of aliphatic hydroxyl groups is 1. The summed E-state index contributed by atoms with van der Waals surface area (Å²) in [6, 6.07) is 0. The summed E-state index contributed by atoms with van der Waals surface area (Å²) in [6.45, 7) is 2.18. The molecule has 1 aliphatic carbocycles. The Morgan fingerprint density at radius 1 is 1.24 bits per heavy atom. The van der Waals surface area contributed by atoms with Gasteiger partial charge in [0.2, 0.25) is 0 Å². The van der Waals surface area contributed by atoms with Crippen LogP contribution in [0, 0.1) is 11.8 Å². The number of hydrogen-bond acceptors (Lipinski definition) is 3. The van der Waals surface area contributed by atoms with Crippen LogP contribution in [0.4, 0.5) is 0 Å².